The number of rotatable bonds is 4. The summed E-state index contributed by atoms with van der Waals surface area (Å²) in [5.74, 6) is 0.955. The summed E-state index contributed by atoms with van der Waals surface area (Å²) in [7, 11) is 0. The first-order chi connectivity index (χ1) is 10.2. The molecule has 1 N–H and O–H groups in total. The summed E-state index contributed by atoms with van der Waals surface area (Å²) < 4.78 is 5.43. The molecule has 2 atom stereocenters. The average molecular weight is 291 g/mol. The standard InChI is InChI=1S/C15H21N3O3/c1-2-21-14-7-3-6-13(15(14)18(19)20)17-9-11-5-4-8-16-12(11)10-17/h3,6-7,11-12,16H,2,4-5,8-10H2,1H3/t11-,12+/m0/s1. The van der Waals surface area contributed by atoms with E-state index in [0.717, 1.165) is 19.6 Å². The van der Waals surface area contributed by atoms with Crippen molar-refractivity contribution in [2.75, 3.05) is 31.1 Å². The van der Waals surface area contributed by atoms with Crippen LogP contribution in [0.25, 0.3) is 0 Å². The van der Waals surface area contributed by atoms with Crippen molar-refractivity contribution in [3.63, 3.8) is 0 Å². The first-order valence-corrected chi connectivity index (χ1v) is 7.59. The molecule has 6 nitrogen and oxygen atoms in total. The van der Waals surface area contributed by atoms with Crippen molar-refractivity contribution in [1.82, 2.24) is 5.32 Å². The quantitative estimate of drug-likeness (QED) is 0.680. The van der Waals surface area contributed by atoms with Gasteiger partial charge in [-0.3, -0.25) is 10.1 Å². The molecule has 2 aliphatic rings. The van der Waals surface area contributed by atoms with E-state index in [1.807, 2.05) is 19.1 Å². The normalized spacial score (nSPS) is 24.7. The van der Waals surface area contributed by atoms with Crippen LogP contribution in [0.2, 0.25) is 0 Å². The van der Waals surface area contributed by atoms with Crippen LogP contribution in [-0.2, 0) is 0 Å². The molecule has 1 aromatic carbocycles. The molecule has 0 radical (unpaired) electrons. The van der Waals surface area contributed by atoms with Gasteiger partial charge in [-0.1, -0.05) is 6.07 Å². The highest BCUT2D eigenvalue weighted by atomic mass is 16.6. The van der Waals surface area contributed by atoms with Gasteiger partial charge in [-0.2, -0.15) is 0 Å². The Morgan fingerprint density at radius 1 is 1.48 bits per heavy atom. The van der Waals surface area contributed by atoms with Crippen LogP contribution in [0.1, 0.15) is 19.8 Å². The number of ether oxygens (including phenoxy) is 1. The minimum Gasteiger partial charge on any atom is -0.487 e. The van der Waals surface area contributed by atoms with Crippen molar-refractivity contribution in [3.05, 3.63) is 28.3 Å². The molecule has 2 aliphatic heterocycles. The molecule has 2 fully saturated rings. The van der Waals surface area contributed by atoms with E-state index in [1.54, 1.807) is 6.07 Å². The van der Waals surface area contributed by atoms with Gasteiger partial charge >= 0.3 is 5.69 Å². The molecule has 0 saturated carbocycles. The molecule has 21 heavy (non-hydrogen) atoms. The number of nitrogens with one attached hydrogen (secondary N) is 1. The Balaban J connectivity index is 1.91. The summed E-state index contributed by atoms with van der Waals surface area (Å²) in [6.07, 6.45) is 2.39. The zero-order valence-electron chi connectivity index (χ0n) is 12.2. The Hall–Kier alpha value is -1.82. The predicted molar refractivity (Wildman–Crippen MR) is 81.0 cm³/mol. The van der Waals surface area contributed by atoms with E-state index in [0.29, 0.717) is 30.0 Å². The highest BCUT2D eigenvalue weighted by molar-refractivity contribution is 5.70. The van der Waals surface area contributed by atoms with Crippen LogP contribution in [0.3, 0.4) is 0 Å². The molecular weight excluding hydrogens is 270 g/mol. The number of benzene rings is 1. The van der Waals surface area contributed by atoms with Gasteiger partial charge in [0.2, 0.25) is 0 Å². The Bertz CT molecular complexity index is 521. The molecule has 0 bridgehead atoms. The number of piperidine rings is 1. The maximum Gasteiger partial charge on any atom is 0.333 e. The molecule has 0 aromatic heterocycles. The molecular formula is C15H21N3O3. The molecule has 1 aromatic rings. The largest absolute Gasteiger partial charge is 0.487 e. The molecule has 6 heteroatoms. The smallest absolute Gasteiger partial charge is 0.333 e. The summed E-state index contributed by atoms with van der Waals surface area (Å²) in [6, 6.07) is 5.79. The van der Waals surface area contributed by atoms with Gasteiger partial charge in [0, 0.05) is 19.1 Å². The van der Waals surface area contributed by atoms with E-state index >= 15 is 0 Å². The van der Waals surface area contributed by atoms with Crippen molar-refractivity contribution >= 4 is 11.4 Å². The van der Waals surface area contributed by atoms with Crippen LogP contribution in [-0.4, -0.2) is 37.2 Å². The van der Waals surface area contributed by atoms with Gasteiger partial charge in [0.05, 0.1) is 11.5 Å². The molecule has 114 valence electrons. The van der Waals surface area contributed by atoms with E-state index in [1.165, 1.54) is 12.8 Å². The maximum absolute atomic E-state index is 11.5. The lowest BCUT2D eigenvalue weighted by molar-refractivity contribution is -0.385. The minimum absolute atomic E-state index is 0.0954. The summed E-state index contributed by atoms with van der Waals surface area (Å²) in [5.41, 5.74) is 0.778. The zero-order valence-corrected chi connectivity index (χ0v) is 12.2. The van der Waals surface area contributed by atoms with E-state index in [4.69, 9.17) is 4.74 Å². The monoisotopic (exact) mass is 291 g/mol. The number of hydrogen-bond acceptors (Lipinski definition) is 5. The van der Waals surface area contributed by atoms with Crippen LogP contribution in [0.5, 0.6) is 5.75 Å². The van der Waals surface area contributed by atoms with Crippen LogP contribution in [0, 0.1) is 16.0 Å². The number of fused-ring (bicyclic) bond motifs is 1. The van der Waals surface area contributed by atoms with Crippen molar-refractivity contribution in [3.8, 4) is 5.75 Å². The Kier molecular flexibility index (Phi) is 3.96. The second kappa shape index (κ2) is 5.89. The lowest BCUT2D eigenvalue weighted by Crippen LogP contribution is -2.40. The number of para-hydroxylation sites is 1. The van der Waals surface area contributed by atoms with Gasteiger partial charge in [0.25, 0.3) is 0 Å². The number of anilines is 1. The van der Waals surface area contributed by atoms with Gasteiger partial charge in [0.15, 0.2) is 5.75 Å². The van der Waals surface area contributed by atoms with Gasteiger partial charge in [-0.15, -0.1) is 0 Å². The second-order valence-electron chi connectivity index (χ2n) is 5.68. The number of nitro benzene ring substituents is 1. The third-order valence-electron chi connectivity index (χ3n) is 4.40. The van der Waals surface area contributed by atoms with Crippen LogP contribution >= 0.6 is 0 Å². The Morgan fingerprint density at radius 2 is 2.33 bits per heavy atom. The number of hydrogen-bond donors (Lipinski definition) is 1. The molecule has 3 rings (SSSR count). The first-order valence-electron chi connectivity index (χ1n) is 7.59. The molecule has 0 unspecified atom stereocenters. The maximum atomic E-state index is 11.5. The van der Waals surface area contributed by atoms with Crippen LogP contribution < -0.4 is 15.0 Å². The van der Waals surface area contributed by atoms with Crippen molar-refractivity contribution in [2.24, 2.45) is 5.92 Å². The van der Waals surface area contributed by atoms with Gasteiger partial charge in [0.1, 0.15) is 5.69 Å². The number of nitro groups is 1. The fraction of sp³-hybridized carbons (Fsp3) is 0.600. The first kappa shape index (κ1) is 14.1. The molecule has 0 aliphatic carbocycles. The summed E-state index contributed by atoms with van der Waals surface area (Å²) in [5, 5.41) is 15.0. The predicted octanol–water partition coefficient (Wildman–Crippen LogP) is 2.18. The SMILES string of the molecule is CCOc1cccc(N2C[C@@H]3CCCN[C@@H]3C2)c1[N+](=O)[O-]. The fourth-order valence-corrected chi connectivity index (χ4v) is 3.46. The zero-order chi connectivity index (χ0) is 14.8. The van der Waals surface area contributed by atoms with E-state index in [2.05, 4.69) is 10.2 Å². The third kappa shape index (κ3) is 2.68. The molecule has 2 heterocycles. The summed E-state index contributed by atoms with van der Waals surface area (Å²) >= 11 is 0. The van der Waals surface area contributed by atoms with Gasteiger partial charge in [-0.25, -0.2) is 0 Å². The lowest BCUT2D eigenvalue weighted by atomic mass is 9.94. The van der Waals surface area contributed by atoms with Crippen molar-refractivity contribution < 1.29 is 9.66 Å². The van der Waals surface area contributed by atoms with E-state index < -0.39 is 0 Å². The van der Waals surface area contributed by atoms with Crippen molar-refractivity contribution in [2.45, 2.75) is 25.8 Å². The Labute approximate surface area is 124 Å². The van der Waals surface area contributed by atoms with Gasteiger partial charge in [-0.05, 0) is 44.4 Å². The second-order valence-corrected chi connectivity index (χ2v) is 5.68. The van der Waals surface area contributed by atoms with Gasteiger partial charge < -0.3 is 15.0 Å². The van der Waals surface area contributed by atoms with E-state index in [-0.39, 0.29) is 10.6 Å². The average Bonchev–Trinajstić information content (AvgIpc) is 2.91. The molecule has 0 amide bonds. The lowest BCUT2D eigenvalue weighted by Gasteiger charge is -2.24. The summed E-state index contributed by atoms with van der Waals surface area (Å²) in [4.78, 5) is 13.3. The summed E-state index contributed by atoms with van der Waals surface area (Å²) in [6.45, 7) is 5.03. The Morgan fingerprint density at radius 3 is 3.05 bits per heavy atom. The fourth-order valence-electron chi connectivity index (χ4n) is 3.46. The van der Waals surface area contributed by atoms with E-state index in [9.17, 15) is 10.1 Å². The van der Waals surface area contributed by atoms with Crippen LogP contribution in [0.4, 0.5) is 11.4 Å². The third-order valence-corrected chi connectivity index (χ3v) is 4.40. The minimum atomic E-state index is -0.324. The van der Waals surface area contributed by atoms with Crippen molar-refractivity contribution in [1.29, 1.82) is 0 Å². The number of nitrogens with zero attached hydrogens (tertiary/aromatic N) is 2. The highest BCUT2D eigenvalue weighted by Crippen LogP contribution is 2.40. The molecule has 0 spiro atoms. The highest BCUT2D eigenvalue weighted by Gasteiger charge is 2.37. The van der Waals surface area contributed by atoms with Crippen LogP contribution in [0.15, 0.2) is 18.2 Å². The molecule has 2 saturated heterocycles. The topological polar surface area (TPSA) is 67.6 Å².